The maximum Gasteiger partial charge on any atom is 0.290 e. The molecule has 0 bridgehead atoms. The third-order valence-corrected chi connectivity index (χ3v) is 5.88. The molecule has 0 aliphatic heterocycles. The van der Waals surface area contributed by atoms with E-state index in [-0.39, 0.29) is 6.47 Å². The molecule has 26 heavy (non-hydrogen) atoms. The van der Waals surface area contributed by atoms with Gasteiger partial charge in [0, 0.05) is 27.4 Å². The molecule has 0 spiro atoms. The third-order valence-electron chi connectivity index (χ3n) is 4.43. The Bertz CT molecular complexity index is 991. The lowest BCUT2D eigenvalue weighted by Crippen LogP contribution is -1.95. The van der Waals surface area contributed by atoms with Crippen molar-refractivity contribution in [3.8, 4) is 17.2 Å². The topological polar surface area (TPSA) is 74.0 Å². The highest BCUT2D eigenvalue weighted by molar-refractivity contribution is 8.01. The minimum absolute atomic E-state index is 0.250. The summed E-state index contributed by atoms with van der Waals surface area (Å²) >= 11 is 1.92. The van der Waals surface area contributed by atoms with Crippen LogP contribution in [0.2, 0.25) is 0 Å². The Labute approximate surface area is 156 Å². The summed E-state index contributed by atoms with van der Waals surface area (Å²) in [5.41, 5.74) is 3.11. The van der Waals surface area contributed by atoms with Crippen molar-refractivity contribution in [3.05, 3.63) is 60.4 Å². The van der Waals surface area contributed by atoms with Gasteiger partial charge in [0.05, 0.1) is 11.6 Å². The van der Waals surface area contributed by atoms with Gasteiger partial charge in [-0.3, -0.25) is 9.78 Å². The first-order valence-electron chi connectivity index (χ1n) is 8.25. The van der Waals surface area contributed by atoms with Gasteiger partial charge in [0.1, 0.15) is 0 Å². The smallest absolute Gasteiger partial charge is 0.290 e. The zero-order valence-electron chi connectivity index (χ0n) is 14.3. The van der Waals surface area contributed by atoms with Crippen molar-refractivity contribution in [1.29, 1.82) is 5.26 Å². The predicted molar refractivity (Wildman–Crippen MR) is 104 cm³/mol. The molecule has 1 aliphatic carbocycles. The number of benzene rings is 2. The fraction of sp³-hybridized carbons (Fsp3) is 0.190. The van der Waals surface area contributed by atoms with Gasteiger partial charge in [0.15, 0.2) is 0 Å². The van der Waals surface area contributed by atoms with Gasteiger partial charge in [0.2, 0.25) is 0 Å². The van der Waals surface area contributed by atoms with E-state index in [2.05, 4.69) is 36.2 Å². The van der Waals surface area contributed by atoms with Crippen LogP contribution < -0.4 is 0 Å². The van der Waals surface area contributed by atoms with Gasteiger partial charge in [-0.15, -0.1) is 11.8 Å². The van der Waals surface area contributed by atoms with Crippen LogP contribution in [0.5, 0.6) is 0 Å². The van der Waals surface area contributed by atoms with Crippen molar-refractivity contribution in [2.75, 3.05) is 0 Å². The Morgan fingerprint density at radius 3 is 2.50 bits per heavy atom. The zero-order valence-corrected chi connectivity index (χ0v) is 15.2. The Balaban J connectivity index is 0.000000613. The largest absolute Gasteiger partial charge is 0.483 e. The minimum Gasteiger partial charge on any atom is -0.483 e. The number of rotatable bonds is 3. The number of pyridine rings is 1. The van der Waals surface area contributed by atoms with E-state index in [1.165, 1.54) is 28.9 Å². The fourth-order valence-corrected chi connectivity index (χ4v) is 4.10. The van der Waals surface area contributed by atoms with E-state index in [0.29, 0.717) is 4.75 Å². The summed E-state index contributed by atoms with van der Waals surface area (Å²) in [6, 6.07) is 16.5. The van der Waals surface area contributed by atoms with Gasteiger partial charge in [-0.1, -0.05) is 37.3 Å². The maximum atomic E-state index is 9.35. The number of thioether (sulfide) groups is 1. The average Bonchev–Trinajstić information content (AvgIpc) is 3.39. The second kappa shape index (κ2) is 7.59. The molecule has 1 fully saturated rings. The van der Waals surface area contributed by atoms with E-state index in [1.807, 2.05) is 48.4 Å². The van der Waals surface area contributed by atoms with Crippen LogP contribution in [0.25, 0.3) is 21.9 Å². The number of hydrogen-bond donors (Lipinski definition) is 1. The van der Waals surface area contributed by atoms with E-state index < -0.39 is 0 Å². The van der Waals surface area contributed by atoms with Crippen LogP contribution in [0.4, 0.5) is 0 Å². The Morgan fingerprint density at radius 1 is 1.15 bits per heavy atom. The molecule has 2 aromatic carbocycles. The van der Waals surface area contributed by atoms with Crippen molar-refractivity contribution in [2.24, 2.45) is 0 Å². The molecule has 1 N–H and O–H groups in total. The SMILES string of the molecule is CC1(Sc2cnccc2-c2ccc(C#N)c3ccccc23)CC1.O=CO. The summed E-state index contributed by atoms with van der Waals surface area (Å²) in [5.74, 6) is 0. The van der Waals surface area contributed by atoms with Crippen LogP contribution >= 0.6 is 11.8 Å². The quantitative estimate of drug-likeness (QED) is 0.655. The molecule has 1 aliphatic rings. The highest BCUT2D eigenvalue weighted by Gasteiger charge is 2.39. The van der Waals surface area contributed by atoms with Crippen LogP contribution in [0.3, 0.4) is 0 Å². The minimum atomic E-state index is -0.250. The first-order chi connectivity index (χ1) is 12.6. The van der Waals surface area contributed by atoms with E-state index in [4.69, 9.17) is 9.90 Å². The highest BCUT2D eigenvalue weighted by atomic mass is 32.2. The summed E-state index contributed by atoms with van der Waals surface area (Å²) in [5, 5.41) is 18.4. The van der Waals surface area contributed by atoms with Gasteiger partial charge in [-0.05, 0) is 41.5 Å². The summed E-state index contributed by atoms with van der Waals surface area (Å²) < 4.78 is 0.361. The van der Waals surface area contributed by atoms with Gasteiger partial charge in [0.25, 0.3) is 6.47 Å². The van der Waals surface area contributed by atoms with Crippen LogP contribution in [-0.4, -0.2) is 21.3 Å². The van der Waals surface area contributed by atoms with Gasteiger partial charge < -0.3 is 5.11 Å². The van der Waals surface area contributed by atoms with Crippen LogP contribution in [0.15, 0.2) is 59.8 Å². The zero-order chi connectivity index (χ0) is 18.6. The Hall–Kier alpha value is -2.84. The van der Waals surface area contributed by atoms with Gasteiger partial charge in [-0.2, -0.15) is 5.26 Å². The summed E-state index contributed by atoms with van der Waals surface area (Å²) in [4.78, 5) is 13.9. The van der Waals surface area contributed by atoms with Crippen molar-refractivity contribution in [1.82, 2.24) is 4.98 Å². The number of fused-ring (bicyclic) bond motifs is 1. The number of hydrogen-bond acceptors (Lipinski definition) is 4. The van der Waals surface area contributed by atoms with Crippen LogP contribution in [0.1, 0.15) is 25.3 Å². The summed E-state index contributed by atoms with van der Waals surface area (Å²) in [6.45, 7) is 2.06. The molecular weight excluding hydrogens is 344 g/mol. The number of aromatic nitrogens is 1. The third kappa shape index (κ3) is 3.71. The predicted octanol–water partition coefficient (Wildman–Crippen LogP) is 5.12. The molecule has 0 radical (unpaired) electrons. The molecule has 0 amide bonds. The Kier molecular flexibility index (Phi) is 5.24. The molecular formula is C21H18N2O2S. The number of carbonyl (C=O) groups is 1. The van der Waals surface area contributed by atoms with Crippen molar-refractivity contribution in [3.63, 3.8) is 0 Å². The fourth-order valence-electron chi connectivity index (χ4n) is 2.86. The van der Waals surface area contributed by atoms with E-state index in [9.17, 15) is 5.26 Å². The number of nitrogens with zero attached hydrogens (tertiary/aromatic N) is 2. The molecule has 1 aromatic heterocycles. The molecule has 0 atom stereocenters. The normalized spacial score (nSPS) is 14.0. The maximum absolute atomic E-state index is 9.35. The van der Waals surface area contributed by atoms with Crippen molar-refractivity contribution in [2.45, 2.75) is 29.4 Å². The number of carboxylic acid groups (broad SMARTS) is 1. The molecule has 1 saturated carbocycles. The molecule has 1 heterocycles. The molecule has 5 heteroatoms. The van der Waals surface area contributed by atoms with Gasteiger partial charge >= 0.3 is 0 Å². The second-order valence-corrected chi connectivity index (χ2v) is 7.98. The molecule has 0 saturated heterocycles. The molecule has 130 valence electrons. The van der Waals surface area contributed by atoms with E-state index in [1.54, 1.807) is 0 Å². The summed E-state index contributed by atoms with van der Waals surface area (Å²) in [6.07, 6.45) is 6.35. The lowest BCUT2D eigenvalue weighted by molar-refractivity contribution is -0.122. The highest BCUT2D eigenvalue weighted by Crippen LogP contribution is 2.53. The molecule has 3 aromatic rings. The average molecular weight is 362 g/mol. The standard InChI is InChI=1S/C20H16N2S.CH2O2/c1-20(9-10-20)23-19-13-22-11-8-18(19)17-7-6-14(12-21)15-4-2-3-5-16(15)17;2-1-3/h2-8,11,13H,9-10H2,1H3;1H,(H,2,3). The van der Waals surface area contributed by atoms with Gasteiger partial charge in [-0.25, -0.2) is 0 Å². The van der Waals surface area contributed by atoms with Crippen molar-refractivity contribution < 1.29 is 9.90 Å². The lowest BCUT2D eigenvalue weighted by atomic mass is 9.96. The van der Waals surface area contributed by atoms with E-state index >= 15 is 0 Å². The first kappa shape index (κ1) is 18.0. The lowest BCUT2D eigenvalue weighted by Gasteiger charge is -2.14. The monoisotopic (exact) mass is 362 g/mol. The molecule has 4 nitrogen and oxygen atoms in total. The number of nitriles is 1. The first-order valence-corrected chi connectivity index (χ1v) is 9.06. The Morgan fingerprint density at radius 2 is 1.85 bits per heavy atom. The van der Waals surface area contributed by atoms with E-state index in [0.717, 1.165) is 16.3 Å². The van der Waals surface area contributed by atoms with Crippen molar-refractivity contribution >= 4 is 29.0 Å². The molecule has 4 rings (SSSR count). The van der Waals surface area contributed by atoms with Crippen LogP contribution in [0, 0.1) is 11.3 Å². The second-order valence-electron chi connectivity index (χ2n) is 6.35. The van der Waals surface area contributed by atoms with Crippen LogP contribution in [-0.2, 0) is 4.79 Å². The summed E-state index contributed by atoms with van der Waals surface area (Å²) in [7, 11) is 0. The molecule has 0 unspecified atom stereocenters.